The predicted molar refractivity (Wildman–Crippen MR) is 73.4 cm³/mol. The molecule has 1 aromatic heterocycles. The van der Waals surface area contributed by atoms with Crippen LogP contribution >= 0.6 is 0 Å². The highest BCUT2D eigenvalue weighted by Crippen LogP contribution is 2.16. The summed E-state index contributed by atoms with van der Waals surface area (Å²) >= 11 is 0. The van der Waals surface area contributed by atoms with Gasteiger partial charge in [0.1, 0.15) is 0 Å². The first-order valence-electron chi connectivity index (χ1n) is 6.73. The van der Waals surface area contributed by atoms with Crippen molar-refractivity contribution < 1.29 is 0 Å². The summed E-state index contributed by atoms with van der Waals surface area (Å²) in [5, 5.41) is 7.85. The molecule has 0 aliphatic carbocycles. The van der Waals surface area contributed by atoms with Gasteiger partial charge in [-0.05, 0) is 58.2 Å². The highest BCUT2D eigenvalue weighted by atomic mass is 15.3. The minimum Gasteiger partial charge on any atom is -0.320 e. The van der Waals surface area contributed by atoms with Gasteiger partial charge in [-0.2, -0.15) is 5.10 Å². The zero-order valence-electron chi connectivity index (χ0n) is 12.0. The first kappa shape index (κ1) is 14.2. The molecule has 0 spiro atoms. The Morgan fingerprint density at radius 1 is 1.29 bits per heavy atom. The van der Waals surface area contributed by atoms with Gasteiger partial charge in [-0.15, -0.1) is 0 Å². The van der Waals surface area contributed by atoms with Gasteiger partial charge >= 0.3 is 0 Å². The smallest absolute Gasteiger partial charge is 0.0628 e. The third-order valence-corrected chi connectivity index (χ3v) is 3.30. The van der Waals surface area contributed by atoms with E-state index in [-0.39, 0.29) is 0 Å². The average molecular weight is 237 g/mol. The Balaban J connectivity index is 2.65. The Kier molecular flexibility index (Phi) is 5.69. The van der Waals surface area contributed by atoms with Crippen LogP contribution in [0.1, 0.15) is 43.6 Å². The number of nitrogens with one attached hydrogen (secondary N) is 1. The van der Waals surface area contributed by atoms with Crippen LogP contribution in [-0.4, -0.2) is 23.4 Å². The Labute approximate surface area is 106 Å². The summed E-state index contributed by atoms with van der Waals surface area (Å²) in [5.41, 5.74) is 4.02. The quantitative estimate of drug-likeness (QED) is 0.739. The minimum atomic E-state index is 0.742. The summed E-state index contributed by atoms with van der Waals surface area (Å²) in [4.78, 5) is 0. The lowest BCUT2D eigenvalue weighted by Crippen LogP contribution is -2.09. The van der Waals surface area contributed by atoms with Crippen LogP contribution in [0.15, 0.2) is 0 Å². The molecule has 0 fully saturated rings. The van der Waals surface area contributed by atoms with Crippen LogP contribution < -0.4 is 5.32 Å². The summed E-state index contributed by atoms with van der Waals surface area (Å²) in [5.74, 6) is 0.742. The molecule has 0 saturated heterocycles. The molecule has 1 rings (SSSR count). The van der Waals surface area contributed by atoms with Crippen LogP contribution in [0.3, 0.4) is 0 Å². The average Bonchev–Trinajstić information content (AvgIpc) is 2.53. The molecule has 3 heteroatoms. The maximum Gasteiger partial charge on any atom is 0.0628 e. The molecule has 0 aliphatic heterocycles. The third kappa shape index (κ3) is 4.15. The van der Waals surface area contributed by atoms with Gasteiger partial charge in [0.15, 0.2) is 0 Å². The van der Waals surface area contributed by atoms with E-state index in [1.807, 2.05) is 7.05 Å². The second kappa shape index (κ2) is 6.80. The summed E-state index contributed by atoms with van der Waals surface area (Å²) in [6, 6.07) is 0. The first-order chi connectivity index (χ1) is 8.06. The van der Waals surface area contributed by atoms with Gasteiger partial charge in [-0.25, -0.2) is 0 Å². The van der Waals surface area contributed by atoms with Crippen molar-refractivity contribution in [3.8, 4) is 0 Å². The highest BCUT2D eigenvalue weighted by Gasteiger charge is 2.10. The maximum atomic E-state index is 4.66. The van der Waals surface area contributed by atoms with E-state index in [0.717, 1.165) is 25.4 Å². The van der Waals surface area contributed by atoms with Crippen LogP contribution in [0.5, 0.6) is 0 Å². The van der Waals surface area contributed by atoms with Gasteiger partial charge in [0.05, 0.1) is 5.69 Å². The molecule has 0 aromatic carbocycles. The largest absolute Gasteiger partial charge is 0.320 e. The molecule has 1 N–H and O–H groups in total. The Morgan fingerprint density at radius 2 is 2.00 bits per heavy atom. The van der Waals surface area contributed by atoms with Crippen molar-refractivity contribution in [1.82, 2.24) is 15.1 Å². The molecule has 0 aliphatic rings. The van der Waals surface area contributed by atoms with Gasteiger partial charge < -0.3 is 5.32 Å². The summed E-state index contributed by atoms with van der Waals surface area (Å²) in [6.07, 6.45) is 3.53. The van der Waals surface area contributed by atoms with E-state index in [9.17, 15) is 0 Å². The molecule has 0 radical (unpaired) electrons. The molecule has 0 atom stereocenters. The monoisotopic (exact) mass is 237 g/mol. The van der Waals surface area contributed by atoms with Crippen LogP contribution in [0.2, 0.25) is 0 Å². The van der Waals surface area contributed by atoms with Gasteiger partial charge in [0, 0.05) is 12.2 Å². The van der Waals surface area contributed by atoms with Crippen molar-refractivity contribution >= 4 is 0 Å². The Morgan fingerprint density at radius 3 is 2.59 bits per heavy atom. The van der Waals surface area contributed by atoms with Crippen LogP contribution in [-0.2, 0) is 13.0 Å². The maximum absolute atomic E-state index is 4.66. The summed E-state index contributed by atoms with van der Waals surface area (Å²) < 4.78 is 2.18. The number of aryl methyl sites for hydroxylation is 2. The molecule has 0 unspecified atom stereocenters. The van der Waals surface area contributed by atoms with Gasteiger partial charge in [0.2, 0.25) is 0 Å². The van der Waals surface area contributed by atoms with Crippen molar-refractivity contribution in [2.45, 2.75) is 53.5 Å². The first-order valence-corrected chi connectivity index (χ1v) is 6.73. The minimum absolute atomic E-state index is 0.742. The van der Waals surface area contributed by atoms with E-state index in [0.29, 0.717) is 0 Å². The van der Waals surface area contributed by atoms with Crippen molar-refractivity contribution in [3.05, 3.63) is 17.0 Å². The predicted octanol–water partition coefficient (Wildman–Crippen LogP) is 2.70. The number of nitrogens with zero attached hydrogens (tertiary/aromatic N) is 2. The second-order valence-corrected chi connectivity index (χ2v) is 5.26. The lowest BCUT2D eigenvalue weighted by molar-refractivity contribution is 0.478. The fraction of sp³-hybridized carbons (Fsp3) is 0.786. The van der Waals surface area contributed by atoms with Gasteiger partial charge in [-0.1, -0.05) is 13.8 Å². The van der Waals surface area contributed by atoms with Crippen molar-refractivity contribution in [3.63, 3.8) is 0 Å². The van der Waals surface area contributed by atoms with Crippen molar-refractivity contribution in [2.75, 3.05) is 13.6 Å². The number of aromatic nitrogens is 2. The summed E-state index contributed by atoms with van der Waals surface area (Å²) in [7, 11) is 2.01. The van der Waals surface area contributed by atoms with Crippen LogP contribution in [0, 0.1) is 19.8 Å². The van der Waals surface area contributed by atoms with Crippen LogP contribution in [0.4, 0.5) is 0 Å². The second-order valence-electron chi connectivity index (χ2n) is 5.26. The van der Waals surface area contributed by atoms with Gasteiger partial charge in [0.25, 0.3) is 0 Å². The number of hydrogen-bond acceptors (Lipinski definition) is 2. The van der Waals surface area contributed by atoms with E-state index in [4.69, 9.17) is 0 Å². The molecular weight excluding hydrogens is 210 g/mol. The molecule has 98 valence electrons. The summed E-state index contributed by atoms with van der Waals surface area (Å²) in [6.45, 7) is 11.0. The van der Waals surface area contributed by atoms with Crippen molar-refractivity contribution in [1.29, 1.82) is 0 Å². The molecule has 0 saturated carbocycles. The Hall–Kier alpha value is -0.830. The molecular formula is C14H27N3. The fourth-order valence-electron chi connectivity index (χ4n) is 2.14. The zero-order valence-corrected chi connectivity index (χ0v) is 12.0. The molecule has 1 aromatic rings. The lowest BCUT2D eigenvalue weighted by Gasteiger charge is -2.07. The molecule has 0 amide bonds. The topological polar surface area (TPSA) is 29.9 Å². The molecule has 1 heterocycles. The standard InChI is InChI=1S/C14H27N3/c1-11(2)8-10-17-13(4)14(12(3)16-17)7-6-9-15-5/h11,15H,6-10H2,1-5H3. The molecule has 3 nitrogen and oxygen atoms in total. The number of hydrogen-bond donors (Lipinski definition) is 1. The van der Waals surface area contributed by atoms with Gasteiger partial charge in [-0.3, -0.25) is 4.68 Å². The molecule has 0 bridgehead atoms. The Bertz CT molecular complexity index is 339. The van der Waals surface area contributed by atoms with E-state index in [1.165, 1.54) is 29.8 Å². The van der Waals surface area contributed by atoms with E-state index in [2.05, 4.69) is 42.8 Å². The fourth-order valence-corrected chi connectivity index (χ4v) is 2.14. The van der Waals surface area contributed by atoms with Crippen LogP contribution in [0.25, 0.3) is 0 Å². The normalized spacial score (nSPS) is 11.4. The zero-order chi connectivity index (χ0) is 12.8. The van der Waals surface area contributed by atoms with E-state index in [1.54, 1.807) is 0 Å². The lowest BCUT2D eigenvalue weighted by atomic mass is 10.1. The third-order valence-electron chi connectivity index (χ3n) is 3.30. The number of rotatable bonds is 7. The van der Waals surface area contributed by atoms with Crippen molar-refractivity contribution in [2.24, 2.45) is 5.92 Å². The van der Waals surface area contributed by atoms with E-state index >= 15 is 0 Å². The van der Waals surface area contributed by atoms with E-state index < -0.39 is 0 Å². The molecule has 17 heavy (non-hydrogen) atoms. The SMILES string of the molecule is CNCCCc1c(C)nn(CCC(C)C)c1C. The highest BCUT2D eigenvalue weighted by molar-refractivity contribution is 5.24.